The van der Waals surface area contributed by atoms with Crippen molar-refractivity contribution in [2.45, 2.75) is 19.4 Å². The van der Waals surface area contributed by atoms with Crippen LogP contribution < -0.4 is 9.47 Å². The van der Waals surface area contributed by atoms with Crippen LogP contribution in [-0.4, -0.2) is 36.0 Å². The van der Waals surface area contributed by atoms with Crippen molar-refractivity contribution in [2.24, 2.45) is 0 Å². The van der Waals surface area contributed by atoms with Gasteiger partial charge in [-0.05, 0) is 25.0 Å². The van der Waals surface area contributed by atoms with Crippen LogP contribution >= 0.6 is 11.3 Å². The Bertz CT molecular complexity index is 650. The molecule has 0 spiro atoms. The second-order valence-corrected chi connectivity index (χ2v) is 6.04. The number of hydrogen-bond donors (Lipinski definition) is 0. The number of ether oxygens (including phenoxy) is 2. The second-order valence-electron chi connectivity index (χ2n) is 5.09. The quantitative estimate of drug-likeness (QED) is 0.850. The molecule has 3 rings (SSSR count). The molecule has 0 aliphatic carbocycles. The van der Waals surface area contributed by atoms with E-state index >= 15 is 0 Å². The standard InChI is InChI=1S/C16H18N2O3S/c1-20-12-5-4-6-13(9-12)21-10-15-17-14(11-22-15)16(19)18-7-2-3-8-18/h4-6,9,11H,2-3,7-8,10H2,1H3. The highest BCUT2D eigenvalue weighted by Gasteiger charge is 2.21. The maximum Gasteiger partial charge on any atom is 0.273 e. The fraction of sp³-hybridized carbons (Fsp3) is 0.375. The van der Waals surface area contributed by atoms with E-state index in [1.165, 1.54) is 11.3 Å². The molecule has 22 heavy (non-hydrogen) atoms. The van der Waals surface area contributed by atoms with E-state index in [2.05, 4.69) is 4.98 Å². The number of carbonyl (C=O) groups is 1. The van der Waals surface area contributed by atoms with E-state index in [0.29, 0.717) is 12.3 Å². The van der Waals surface area contributed by atoms with Gasteiger partial charge in [-0.1, -0.05) is 6.07 Å². The van der Waals surface area contributed by atoms with E-state index in [0.717, 1.165) is 42.4 Å². The first-order valence-corrected chi connectivity index (χ1v) is 8.15. The molecule has 116 valence electrons. The Balaban J connectivity index is 1.60. The van der Waals surface area contributed by atoms with Crippen molar-refractivity contribution in [3.05, 3.63) is 40.3 Å². The Labute approximate surface area is 133 Å². The maximum atomic E-state index is 12.2. The largest absolute Gasteiger partial charge is 0.497 e. The van der Waals surface area contributed by atoms with Gasteiger partial charge in [0, 0.05) is 24.5 Å². The minimum Gasteiger partial charge on any atom is -0.497 e. The Morgan fingerprint density at radius 3 is 2.86 bits per heavy atom. The minimum absolute atomic E-state index is 0.0291. The third kappa shape index (κ3) is 3.39. The van der Waals surface area contributed by atoms with Gasteiger partial charge in [0.1, 0.15) is 28.8 Å². The molecule has 1 amide bonds. The third-order valence-corrected chi connectivity index (χ3v) is 4.39. The molecule has 1 aromatic carbocycles. The van der Waals surface area contributed by atoms with Crippen LogP contribution in [0.4, 0.5) is 0 Å². The molecule has 0 atom stereocenters. The number of amides is 1. The van der Waals surface area contributed by atoms with Gasteiger partial charge in [-0.2, -0.15) is 0 Å². The van der Waals surface area contributed by atoms with Crippen LogP contribution in [0.5, 0.6) is 11.5 Å². The second kappa shape index (κ2) is 6.79. The van der Waals surface area contributed by atoms with Gasteiger partial charge in [0.2, 0.25) is 0 Å². The first kappa shape index (κ1) is 14.8. The molecule has 1 fully saturated rings. The highest BCUT2D eigenvalue weighted by molar-refractivity contribution is 7.09. The lowest BCUT2D eigenvalue weighted by Crippen LogP contribution is -2.27. The summed E-state index contributed by atoms with van der Waals surface area (Å²) < 4.78 is 10.9. The molecule has 1 aromatic heterocycles. The average molecular weight is 318 g/mol. The molecule has 0 saturated carbocycles. The third-order valence-electron chi connectivity index (χ3n) is 3.57. The molecule has 6 heteroatoms. The number of carbonyl (C=O) groups excluding carboxylic acids is 1. The molecule has 0 unspecified atom stereocenters. The van der Waals surface area contributed by atoms with Gasteiger partial charge in [-0.15, -0.1) is 11.3 Å². The predicted molar refractivity (Wildman–Crippen MR) is 84.6 cm³/mol. The Morgan fingerprint density at radius 2 is 2.09 bits per heavy atom. The summed E-state index contributed by atoms with van der Waals surface area (Å²) in [6, 6.07) is 7.43. The summed E-state index contributed by atoms with van der Waals surface area (Å²) in [5.74, 6) is 1.50. The number of methoxy groups -OCH3 is 1. The lowest BCUT2D eigenvalue weighted by molar-refractivity contribution is 0.0787. The molecule has 5 nitrogen and oxygen atoms in total. The number of aromatic nitrogens is 1. The lowest BCUT2D eigenvalue weighted by atomic mass is 10.3. The maximum absolute atomic E-state index is 12.2. The van der Waals surface area contributed by atoms with Crippen LogP contribution in [0.25, 0.3) is 0 Å². The van der Waals surface area contributed by atoms with Gasteiger partial charge < -0.3 is 14.4 Å². The van der Waals surface area contributed by atoms with Gasteiger partial charge in [-0.3, -0.25) is 4.79 Å². The minimum atomic E-state index is 0.0291. The number of hydrogen-bond acceptors (Lipinski definition) is 5. The zero-order valence-corrected chi connectivity index (χ0v) is 13.3. The first-order chi connectivity index (χ1) is 10.8. The van der Waals surface area contributed by atoms with Crippen molar-refractivity contribution >= 4 is 17.2 Å². The highest BCUT2D eigenvalue weighted by atomic mass is 32.1. The van der Waals surface area contributed by atoms with Gasteiger partial charge in [-0.25, -0.2) is 4.98 Å². The molecule has 0 radical (unpaired) electrons. The van der Waals surface area contributed by atoms with Crippen LogP contribution in [0, 0.1) is 0 Å². The molecular weight excluding hydrogens is 300 g/mol. The summed E-state index contributed by atoms with van der Waals surface area (Å²) in [4.78, 5) is 18.5. The normalized spacial score (nSPS) is 14.1. The van der Waals surface area contributed by atoms with E-state index < -0.39 is 0 Å². The smallest absolute Gasteiger partial charge is 0.273 e. The molecule has 2 heterocycles. The SMILES string of the molecule is COc1cccc(OCc2nc(C(=O)N3CCCC3)cs2)c1. The Hall–Kier alpha value is -2.08. The van der Waals surface area contributed by atoms with Gasteiger partial charge >= 0.3 is 0 Å². The first-order valence-electron chi connectivity index (χ1n) is 7.27. The highest BCUT2D eigenvalue weighted by Crippen LogP contribution is 2.21. The van der Waals surface area contributed by atoms with Gasteiger partial charge in [0.15, 0.2) is 0 Å². The van der Waals surface area contributed by atoms with E-state index in [-0.39, 0.29) is 5.91 Å². The lowest BCUT2D eigenvalue weighted by Gasteiger charge is -2.12. The summed E-state index contributed by atoms with van der Waals surface area (Å²) in [6.07, 6.45) is 2.17. The summed E-state index contributed by atoms with van der Waals surface area (Å²) in [6.45, 7) is 2.03. The van der Waals surface area contributed by atoms with Gasteiger partial charge in [0.05, 0.1) is 7.11 Å². The fourth-order valence-electron chi connectivity index (χ4n) is 2.39. The van der Waals surface area contributed by atoms with Gasteiger partial charge in [0.25, 0.3) is 5.91 Å². The van der Waals surface area contributed by atoms with E-state index in [1.54, 1.807) is 7.11 Å². The Kier molecular flexibility index (Phi) is 4.58. The van der Waals surface area contributed by atoms with Crippen molar-refractivity contribution in [3.63, 3.8) is 0 Å². The Morgan fingerprint density at radius 1 is 1.32 bits per heavy atom. The summed E-state index contributed by atoms with van der Waals surface area (Å²) >= 11 is 1.45. The fourth-order valence-corrected chi connectivity index (χ4v) is 3.07. The van der Waals surface area contributed by atoms with Crippen LogP contribution in [0.2, 0.25) is 0 Å². The van der Waals surface area contributed by atoms with Crippen LogP contribution in [-0.2, 0) is 6.61 Å². The number of likely N-dealkylation sites (tertiary alicyclic amines) is 1. The topological polar surface area (TPSA) is 51.7 Å². The molecule has 2 aromatic rings. The number of benzene rings is 1. The van der Waals surface area contributed by atoms with Crippen LogP contribution in [0.15, 0.2) is 29.6 Å². The number of rotatable bonds is 5. The predicted octanol–water partition coefficient (Wildman–Crippen LogP) is 2.97. The van der Waals surface area contributed by atoms with Crippen molar-refractivity contribution in [2.75, 3.05) is 20.2 Å². The van der Waals surface area contributed by atoms with Crippen LogP contribution in [0.1, 0.15) is 28.3 Å². The van der Waals surface area contributed by atoms with E-state index in [1.807, 2.05) is 34.5 Å². The molecular formula is C16H18N2O3S. The summed E-state index contributed by atoms with van der Waals surface area (Å²) in [7, 11) is 1.62. The van der Waals surface area contributed by atoms with Crippen molar-refractivity contribution in [1.82, 2.24) is 9.88 Å². The number of nitrogens with zero attached hydrogens (tertiary/aromatic N) is 2. The molecule has 0 N–H and O–H groups in total. The number of thiazole rings is 1. The monoisotopic (exact) mass is 318 g/mol. The summed E-state index contributed by atoms with van der Waals surface area (Å²) in [5, 5.41) is 2.61. The van der Waals surface area contributed by atoms with Crippen LogP contribution in [0.3, 0.4) is 0 Å². The van der Waals surface area contributed by atoms with Crippen molar-refractivity contribution in [3.8, 4) is 11.5 Å². The zero-order chi connectivity index (χ0) is 15.4. The van der Waals surface area contributed by atoms with Crippen molar-refractivity contribution < 1.29 is 14.3 Å². The van der Waals surface area contributed by atoms with E-state index in [9.17, 15) is 4.79 Å². The molecule has 1 saturated heterocycles. The van der Waals surface area contributed by atoms with E-state index in [4.69, 9.17) is 9.47 Å². The van der Waals surface area contributed by atoms with Crippen molar-refractivity contribution in [1.29, 1.82) is 0 Å². The summed E-state index contributed by atoms with van der Waals surface area (Å²) in [5.41, 5.74) is 0.524. The molecule has 1 aliphatic rings. The molecule has 0 bridgehead atoms. The average Bonchev–Trinajstić information content (AvgIpc) is 3.24. The zero-order valence-electron chi connectivity index (χ0n) is 12.4. The molecule has 1 aliphatic heterocycles.